The van der Waals surface area contributed by atoms with E-state index < -0.39 is 0 Å². The lowest BCUT2D eigenvalue weighted by atomic mass is 10.1. The van der Waals surface area contributed by atoms with Gasteiger partial charge in [-0.1, -0.05) is 0 Å². The molecule has 1 spiro atoms. The molecule has 3 heteroatoms. The molecule has 0 radical (unpaired) electrons. The minimum atomic E-state index is 0.135. The van der Waals surface area contributed by atoms with Crippen molar-refractivity contribution >= 4 is 11.5 Å². The van der Waals surface area contributed by atoms with Crippen LogP contribution in [0.4, 0.5) is 5.69 Å². The van der Waals surface area contributed by atoms with Gasteiger partial charge in [-0.3, -0.25) is 4.79 Å². The summed E-state index contributed by atoms with van der Waals surface area (Å²) in [5.41, 5.74) is 2.54. The first-order valence-electron chi connectivity index (χ1n) is 7.18. The van der Waals surface area contributed by atoms with Crippen molar-refractivity contribution in [3.8, 4) is 0 Å². The number of carbonyl (C=O) groups excluding carboxylic acids is 1. The molecule has 3 nitrogen and oxygen atoms in total. The molecule has 0 bridgehead atoms. The van der Waals surface area contributed by atoms with Gasteiger partial charge in [-0.2, -0.15) is 0 Å². The molecule has 1 saturated carbocycles. The van der Waals surface area contributed by atoms with Gasteiger partial charge in [0.05, 0.1) is 0 Å². The fraction of sp³-hybridized carbons (Fsp3) is 0.562. The van der Waals surface area contributed by atoms with Gasteiger partial charge >= 0.3 is 0 Å². The van der Waals surface area contributed by atoms with Crippen LogP contribution in [-0.2, 0) is 0 Å². The molecule has 3 rings (SSSR count). The van der Waals surface area contributed by atoms with Crippen LogP contribution >= 0.6 is 0 Å². The lowest BCUT2D eigenvalue weighted by molar-refractivity contribution is 0.101. The highest BCUT2D eigenvalue weighted by Crippen LogP contribution is 2.47. The molecule has 1 aliphatic heterocycles. The Bertz CT molecular complexity index is 476. The molecular weight excluding hydrogens is 236 g/mol. The molecule has 1 saturated heterocycles. The standard InChI is InChI=1S/C16H22N2O/c1-12-9-17-10-16(7-8-16)11-18(12)15-5-3-14(4-6-15)13(2)19/h3-6,12,17H,7-11H2,1-2H3. The fourth-order valence-corrected chi connectivity index (χ4v) is 2.97. The van der Waals surface area contributed by atoms with Gasteiger partial charge in [-0.15, -0.1) is 0 Å². The summed E-state index contributed by atoms with van der Waals surface area (Å²) in [5.74, 6) is 0.135. The highest BCUT2D eigenvalue weighted by atomic mass is 16.1. The Morgan fingerprint density at radius 1 is 1.32 bits per heavy atom. The Balaban J connectivity index is 1.84. The molecule has 1 heterocycles. The topological polar surface area (TPSA) is 32.3 Å². The van der Waals surface area contributed by atoms with Crippen molar-refractivity contribution in [1.29, 1.82) is 0 Å². The van der Waals surface area contributed by atoms with E-state index in [0.717, 1.165) is 25.2 Å². The maximum absolute atomic E-state index is 11.3. The fourth-order valence-electron chi connectivity index (χ4n) is 2.97. The molecule has 1 aliphatic carbocycles. The average Bonchev–Trinajstić information content (AvgIpc) is 3.18. The Morgan fingerprint density at radius 2 is 2.00 bits per heavy atom. The van der Waals surface area contributed by atoms with E-state index in [-0.39, 0.29) is 5.78 Å². The van der Waals surface area contributed by atoms with E-state index >= 15 is 0 Å². The van der Waals surface area contributed by atoms with Gasteiger partial charge in [0, 0.05) is 42.3 Å². The molecule has 1 aromatic rings. The zero-order valence-electron chi connectivity index (χ0n) is 11.8. The van der Waals surface area contributed by atoms with Gasteiger partial charge in [0.25, 0.3) is 0 Å². The van der Waals surface area contributed by atoms with Crippen LogP contribution in [0.3, 0.4) is 0 Å². The van der Waals surface area contributed by atoms with Gasteiger partial charge in [-0.05, 0) is 51.0 Å². The largest absolute Gasteiger partial charge is 0.367 e. The second-order valence-electron chi connectivity index (χ2n) is 6.21. The van der Waals surface area contributed by atoms with Gasteiger partial charge in [0.15, 0.2) is 5.78 Å². The predicted octanol–water partition coefficient (Wildman–Crippen LogP) is 2.47. The molecule has 2 fully saturated rings. The maximum atomic E-state index is 11.3. The normalized spacial score (nSPS) is 25.2. The summed E-state index contributed by atoms with van der Waals surface area (Å²) in [5, 5.41) is 3.58. The number of anilines is 1. The molecule has 2 aliphatic rings. The van der Waals surface area contributed by atoms with Crippen LogP contribution in [0.1, 0.15) is 37.0 Å². The SMILES string of the molecule is CC(=O)c1ccc(N2CC3(CC3)CNCC2C)cc1. The highest BCUT2D eigenvalue weighted by molar-refractivity contribution is 5.94. The maximum Gasteiger partial charge on any atom is 0.159 e. The third-order valence-electron chi connectivity index (χ3n) is 4.54. The quantitative estimate of drug-likeness (QED) is 0.827. The van der Waals surface area contributed by atoms with Gasteiger partial charge in [-0.25, -0.2) is 0 Å². The summed E-state index contributed by atoms with van der Waals surface area (Å²) in [4.78, 5) is 13.8. The number of ketones is 1. The average molecular weight is 258 g/mol. The summed E-state index contributed by atoms with van der Waals surface area (Å²) in [7, 11) is 0. The Hall–Kier alpha value is -1.35. The molecule has 19 heavy (non-hydrogen) atoms. The Morgan fingerprint density at radius 3 is 2.58 bits per heavy atom. The first kappa shape index (κ1) is 12.7. The highest BCUT2D eigenvalue weighted by Gasteiger charge is 2.45. The van der Waals surface area contributed by atoms with E-state index in [0.29, 0.717) is 11.5 Å². The van der Waals surface area contributed by atoms with Crippen LogP contribution in [-0.4, -0.2) is 31.5 Å². The van der Waals surface area contributed by atoms with Crippen molar-refractivity contribution in [2.24, 2.45) is 5.41 Å². The zero-order chi connectivity index (χ0) is 13.5. The molecule has 1 unspecified atom stereocenters. The monoisotopic (exact) mass is 258 g/mol. The van der Waals surface area contributed by atoms with E-state index in [4.69, 9.17) is 0 Å². The molecule has 1 N–H and O–H groups in total. The number of rotatable bonds is 2. The zero-order valence-corrected chi connectivity index (χ0v) is 11.8. The summed E-state index contributed by atoms with van der Waals surface area (Å²) in [6, 6.07) is 8.58. The van der Waals surface area contributed by atoms with Crippen molar-refractivity contribution in [3.05, 3.63) is 29.8 Å². The van der Waals surface area contributed by atoms with Crippen molar-refractivity contribution in [3.63, 3.8) is 0 Å². The van der Waals surface area contributed by atoms with Crippen molar-refractivity contribution in [1.82, 2.24) is 5.32 Å². The van der Waals surface area contributed by atoms with E-state index in [1.165, 1.54) is 18.5 Å². The van der Waals surface area contributed by atoms with Crippen LogP contribution in [0.2, 0.25) is 0 Å². The van der Waals surface area contributed by atoms with Crippen LogP contribution in [0.5, 0.6) is 0 Å². The predicted molar refractivity (Wildman–Crippen MR) is 77.8 cm³/mol. The van der Waals surface area contributed by atoms with Crippen LogP contribution in [0, 0.1) is 5.41 Å². The first-order valence-corrected chi connectivity index (χ1v) is 7.18. The minimum absolute atomic E-state index is 0.135. The van der Waals surface area contributed by atoms with E-state index in [9.17, 15) is 4.79 Å². The summed E-state index contributed by atoms with van der Waals surface area (Å²) >= 11 is 0. The Labute approximate surface area is 115 Å². The van der Waals surface area contributed by atoms with Crippen molar-refractivity contribution < 1.29 is 4.79 Å². The van der Waals surface area contributed by atoms with E-state index in [1.54, 1.807) is 6.92 Å². The molecule has 0 amide bonds. The van der Waals surface area contributed by atoms with Crippen molar-refractivity contribution in [2.45, 2.75) is 32.7 Å². The van der Waals surface area contributed by atoms with Crippen LogP contribution < -0.4 is 10.2 Å². The lowest BCUT2D eigenvalue weighted by Gasteiger charge is -2.31. The second-order valence-corrected chi connectivity index (χ2v) is 6.21. The van der Waals surface area contributed by atoms with Crippen LogP contribution in [0.15, 0.2) is 24.3 Å². The summed E-state index contributed by atoms with van der Waals surface area (Å²) in [6.07, 6.45) is 2.68. The molecule has 1 aromatic carbocycles. The number of carbonyl (C=O) groups is 1. The molecule has 102 valence electrons. The smallest absolute Gasteiger partial charge is 0.159 e. The summed E-state index contributed by atoms with van der Waals surface area (Å²) in [6.45, 7) is 7.22. The van der Waals surface area contributed by atoms with Gasteiger partial charge < -0.3 is 10.2 Å². The Kier molecular flexibility index (Phi) is 3.09. The number of nitrogens with zero attached hydrogens (tertiary/aromatic N) is 1. The number of hydrogen-bond donors (Lipinski definition) is 1. The first-order chi connectivity index (χ1) is 9.10. The van der Waals surface area contributed by atoms with E-state index in [2.05, 4.69) is 29.3 Å². The minimum Gasteiger partial charge on any atom is -0.367 e. The molecule has 0 aromatic heterocycles. The molecular formula is C16H22N2O. The van der Waals surface area contributed by atoms with Crippen LogP contribution in [0.25, 0.3) is 0 Å². The van der Waals surface area contributed by atoms with Crippen molar-refractivity contribution in [2.75, 3.05) is 24.5 Å². The van der Waals surface area contributed by atoms with Gasteiger partial charge in [0.2, 0.25) is 0 Å². The third-order valence-corrected chi connectivity index (χ3v) is 4.54. The number of benzene rings is 1. The van der Waals surface area contributed by atoms with E-state index in [1.807, 2.05) is 12.1 Å². The lowest BCUT2D eigenvalue weighted by Crippen LogP contribution is -2.38. The number of Topliss-reactive ketones (excluding diaryl/α,β-unsaturated/α-hetero) is 1. The second kappa shape index (κ2) is 4.64. The number of hydrogen-bond acceptors (Lipinski definition) is 3. The summed E-state index contributed by atoms with van der Waals surface area (Å²) < 4.78 is 0. The number of nitrogens with one attached hydrogen (secondary N) is 1. The molecule has 1 atom stereocenters. The van der Waals surface area contributed by atoms with Gasteiger partial charge in [0.1, 0.15) is 0 Å². The third kappa shape index (κ3) is 2.52.